The molecule has 28 heavy (non-hydrogen) atoms. The molecule has 2 aromatic rings. The molecule has 0 aliphatic carbocycles. The van der Waals surface area contributed by atoms with E-state index in [1.54, 1.807) is 0 Å². The zero-order valence-corrected chi connectivity index (χ0v) is 17.3. The number of halogens is 2. The minimum atomic E-state index is 0. The van der Waals surface area contributed by atoms with E-state index in [9.17, 15) is 4.79 Å². The van der Waals surface area contributed by atoms with E-state index < -0.39 is 0 Å². The summed E-state index contributed by atoms with van der Waals surface area (Å²) in [5.41, 5.74) is 1.55. The number of hydrogen-bond acceptors (Lipinski definition) is 3. The highest BCUT2D eigenvalue weighted by atomic mass is 35.5. The van der Waals surface area contributed by atoms with Gasteiger partial charge in [0.1, 0.15) is 12.4 Å². The number of nitrogens with one attached hydrogen (secondary N) is 1. The lowest BCUT2D eigenvalue weighted by Crippen LogP contribution is -2.33. The van der Waals surface area contributed by atoms with Gasteiger partial charge < -0.3 is 15.0 Å². The maximum Gasteiger partial charge on any atom is 0.257 e. The SMILES string of the molecule is Cl.O=C(c1ccccc1OCc1ccccc1Cl)N1CC[C@@H]2CNC[C@@H]2CC1. The first kappa shape index (κ1) is 21.0. The van der Waals surface area contributed by atoms with E-state index >= 15 is 0 Å². The fraction of sp³-hybridized carbons (Fsp3) is 0.409. The van der Waals surface area contributed by atoms with Gasteiger partial charge in [0.2, 0.25) is 0 Å². The van der Waals surface area contributed by atoms with Crippen LogP contribution in [-0.4, -0.2) is 37.0 Å². The monoisotopic (exact) mass is 420 g/mol. The Bertz CT molecular complexity index is 801. The molecule has 0 radical (unpaired) electrons. The number of hydrogen-bond donors (Lipinski definition) is 1. The molecule has 0 spiro atoms. The summed E-state index contributed by atoms with van der Waals surface area (Å²) in [6.07, 6.45) is 2.15. The van der Waals surface area contributed by atoms with Crippen LogP contribution < -0.4 is 10.1 Å². The quantitative estimate of drug-likeness (QED) is 0.795. The average molecular weight is 421 g/mol. The zero-order chi connectivity index (χ0) is 18.6. The van der Waals surface area contributed by atoms with Crippen molar-refractivity contribution >= 4 is 29.9 Å². The van der Waals surface area contributed by atoms with Gasteiger partial charge in [-0.2, -0.15) is 0 Å². The number of para-hydroxylation sites is 1. The Morgan fingerprint density at radius 1 is 1.04 bits per heavy atom. The van der Waals surface area contributed by atoms with Crippen LogP contribution in [0.25, 0.3) is 0 Å². The van der Waals surface area contributed by atoms with E-state index in [1.165, 1.54) is 0 Å². The molecule has 4 nitrogen and oxygen atoms in total. The van der Waals surface area contributed by atoms with Crippen molar-refractivity contribution < 1.29 is 9.53 Å². The zero-order valence-electron chi connectivity index (χ0n) is 15.8. The van der Waals surface area contributed by atoms with Gasteiger partial charge in [0.05, 0.1) is 5.56 Å². The maximum absolute atomic E-state index is 13.2. The second-order valence-electron chi connectivity index (χ2n) is 7.42. The van der Waals surface area contributed by atoms with Crippen molar-refractivity contribution in [2.24, 2.45) is 11.8 Å². The summed E-state index contributed by atoms with van der Waals surface area (Å²) in [5, 5.41) is 4.15. The number of amides is 1. The third-order valence-electron chi connectivity index (χ3n) is 5.77. The van der Waals surface area contributed by atoms with Crippen LogP contribution in [0, 0.1) is 11.8 Å². The van der Waals surface area contributed by atoms with Crippen LogP contribution in [-0.2, 0) is 6.61 Å². The number of carbonyl (C=O) groups excluding carboxylic acids is 1. The highest BCUT2D eigenvalue weighted by Crippen LogP contribution is 2.29. The molecule has 1 N–H and O–H groups in total. The highest BCUT2D eigenvalue weighted by Gasteiger charge is 2.32. The Morgan fingerprint density at radius 2 is 1.68 bits per heavy atom. The molecule has 1 amide bonds. The van der Waals surface area contributed by atoms with Crippen molar-refractivity contribution in [1.29, 1.82) is 0 Å². The van der Waals surface area contributed by atoms with Gasteiger partial charge in [-0.15, -0.1) is 12.4 Å². The minimum absolute atomic E-state index is 0. The predicted octanol–water partition coefficient (Wildman–Crippen LogP) is 4.41. The van der Waals surface area contributed by atoms with Crippen LogP contribution in [0.2, 0.25) is 5.02 Å². The Hall–Kier alpha value is -1.75. The maximum atomic E-state index is 13.2. The van der Waals surface area contributed by atoms with Crippen LogP contribution in [0.3, 0.4) is 0 Å². The molecule has 0 saturated carbocycles. The smallest absolute Gasteiger partial charge is 0.257 e. The summed E-state index contributed by atoms with van der Waals surface area (Å²) >= 11 is 6.22. The lowest BCUT2D eigenvalue weighted by Gasteiger charge is -2.22. The summed E-state index contributed by atoms with van der Waals surface area (Å²) in [7, 11) is 0. The Balaban J connectivity index is 0.00000225. The van der Waals surface area contributed by atoms with Crippen LogP contribution in [0.1, 0.15) is 28.8 Å². The van der Waals surface area contributed by atoms with Gasteiger partial charge in [-0.1, -0.05) is 41.9 Å². The lowest BCUT2D eigenvalue weighted by atomic mass is 9.92. The molecular formula is C22H26Cl2N2O2. The first-order valence-corrected chi connectivity index (χ1v) is 10.1. The molecular weight excluding hydrogens is 395 g/mol. The number of fused-ring (bicyclic) bond motifs is 1. The lowest BCUT2D eigenvalue weighted by molar-refractivity contribution is 0.0753. The van der Waals surface area contributed by atoms with Crippen LogP contribution in [0.5, 0.6) is 5.75 Å². The van der Waals surface area contributed by atoms with Gasteiger partial charge >= 0.3 is 0 Å². The van der Waals surface area contributed by atoms with E-state index in [4.69, 9.17) is 16.3 Å². The third-order valence-corrected chi connectivity index (χ3v) is 6.13. The molecule has 2 fully saturated rings. The number of ether oxygens (including phenoxy) is 1. The second-order valence-corrected chi connectivity index (χ2v) is 7.83. The Morgan fingerprint density at radius 3 is 2.39 bits per heavy atom. The van der Waals surface area contributed by atoms with Crippen molar-refractivity contribution in [3.8, 4) is 5.75 Å². The molecule has 6 heteroatoms. The normalized spacial score (nSPS) is 21.4. The largest absolute Gasteiger partial charge is 0.488 e. The summed E-state index contributed by atoms with van der Waals surface area (Å²) < 4.78 is 5.98. The number of rotatable bonds is 4. The molecule has 2 heterocycles. The Labute approximate surface area is 177 Å². The molecule has 0 bridgehead atoms. The van der Waals surface area contributed by atoms with Gasteiger partial charge in [0, 0.05) is 23.7 Å². The minimum Gasteiger partial charge on any atom is -0.488 e. The van der Waals surface area contributed by atoms with Crippen LogP contribution >= 0.6 is 24.0 Å². The molecule has 0 unspecified atom stereocenters. The molecule has 4 rings (SSSR count). The van der Waals surface area contributed by atoms with Gasteiger partial charge in [-0.3, -0.25) is 4.79 Å². The van der Waals surface area contributed by atoms with Gasteiger partial charge in [-0.25, -0.2) is 0 Å². The molecule has 2 aliphatic heterocycles. The average Bonchev–Trinajstić information content (AvgIpc) is 3.05. The van der Waals surface area contributed by atoms with Gasteiger partial charge in [0.25, 0.3) is 5.91 Å². The van der Waals surface area contributed by atoms with Crippen molar-refractivity contribution in [1.82, 2.24) is 10.2 Å². The predicted molar refractivity (Wildman–Crippen MR) is 114 cm³/mol. The van der Waals surface area contributed by atoms with E-state index in [2.05, 4.69) is 5.32 Å². The Kier molecular flexibility index (Phi) is 7.22. The summed E-state index contributed by atoms with van der Waals surface area (Å²) in [6.45, 7) is 4.16. The first-order valence-electron chi connectivity index (χ1n) is 9.67. The highest BCUT2D eigenvalue weighted by molar-refractivity contribution is 6.31. The topological polar surface area (TPSA) is 41.6 Å². The number of carbonyl (C=O) groups is 1. The van der Waals surface area contributed by atoms with Crippen LogP contribution in [0.15, 0.2) is 48.5 Å². The third kappa shape index (κ3) is 4.62. The van der Waals surface area contributed by atoms with Gasteiger partial charge in [0.15, 0.2) is 0 Å². The molecule has 2 saturated heterocycles. The van der Waals surface area contributed by atoms with E-state index in [-0.39, 0.29) is 18.3 Å². The molecule has 2 aromatic carbocycles. The number of likely N-dealkylation sites (tertiary alicyclic amines) is 1. The second kappa shape index (κ2) is 9.64. The molecule has 150 valence electrons. The standard InChI is InChI=1S/C22H25ClN2O2.ClH/c23-20-7-3-1-5-18(20)15-27-21-8-4-2-6-19(21)22(26)25-11-9-16-13-24-14-17(16)10-12-25;/h1-8,16-17,24H,9-15H2;1H/t16-,17+;. The summed E-state index contributed by atoms with van der Waals surface area (Å²) in [4.78, 5) is 15.2. The fourth-order valence-corrected chi connectivity index (χ4v) is 4.32. The fourth-order valence-electron chi connectivity index (χ4n) is 4.13. The summed E-state index contributed by atoms with van der Waals surface area (Å²) in [5.74, 6) is 2.09. The van der Waals surface area contributed by atoms with Gasteiger partial charge in [-0.05, 0) is 56.0 Å². The molecule has 2 aliphatic rings. The van der Waals surface area contributed by atoms with E-state index in [1.807, 2.05) is 53.4 Å². The molecule has 0 aromatic heterocycles. The van der Waals surface area contributed by atoms with Crippen molar-refractivity contribution in [3.05, 3.63) is 64.7 Å². The van der Waals surface area contributed by atoms with E-state index in [0.29, 0.717) is 34.8 Å². The van der Waals surface area contributed by atoms with Crippen LogP contribution in [0.4, 0.5) is 0 Å². The van der Waals surface area contributed by atoms with Crippen molar-refractivity contribution in [2.75, 3.05) is 26.2 Å². The van der Waals surface area contributed by atoms with E-state index in [0.717, 1.165) is 44.6 Å². The number of nitrogens with zero attached hydrogens (tertiary/aromatic N) is 1. The van der Waals surface area contributed by atoms with Crippen molar-refractivity contribution in [3.63, 3.8) is 0 Å². The first-order chi connectivity index (χ1) is 13.2. The molecule has 2 atom stereocenters. The number of benzene rings is 2. The van der Waals surface area contributed by atoms with Crippen molar-refractivity contribution in [2.45, 2.75) is 19.4 Å². The summed E-state index contributed by atoms with van der Waals surface area (Å²) in [6, 6.07) is 15.1.